The number of hydrogen-bond donors (Lipinski definition) is 1. The molecule has 3 nitrogen and oxygen atoms in total. The normalized spacial score (nSPS) is 14.3. The van der Waals surface area contributed by atoms with Gasteiger partial charge in [-0.15, -0.1) is 0 Å². The van der Waals surface area contributed by atoms with E-state index in [1.807, 2.05) is 29.2 Å². The molecule has 0 heterocycles. The molecular weight excluding hydrogens is 359 g/mol. The van der Waals surface area contributed by atoms with Gasteiger partial charge in [0.1, 0.15) is 0 Å². The van der Waals surface area contributed by atoms with Crippen LogP contribution in [0.1, 0.15) is 29.6 Å². The number of rotatable bonds is 5. The fourth-order valence-electron chi connectivity index (χ4n) is 1.85. The summed E-state index contributed by atoms with van der Waals surface area (Å²) in [5.74, 6) is 0.0901. The molecule has 0 unspecified atom stereocenters. The van der Waals surface area contributed by atoms with E-state index in [0.29, 0.717) is 24.0 Å². The first-order chi connectivity index (χ1) is 8.58. The van der Waals surface area contributed by atoms with E-state index in [1.165, 1.54) is 0 Å². The number of carbonyl (C=O) groups is 1. The number of benzene rings is 1. The van der Waals surface area contributed by atoms with Crippen molar-refractivity contribution >= 4 is 45.7 Å². The molecule has 0 spiro atoms. The molecule has 0 aromatic heterocycles. The van der Waals surface area contributed by atoms with Crippen LogP contribution < -0.4 is 5.73 Å². The molecule has 0 aliphatic heterocycles. The summed E-state index contributed by atoms with van der Waals surface area (Å²) in [7, 11) is 0. The average molecular weight is 374 g/mol. The zero-order chi connectivity index (χ0) is 13.1. The number of amides is 1. The number of hydrogen-bond acceptors (Lipinski definition) is 2. The van der Waals surface area contributed by atoms with Crippen molar-refractivity contribution in [1.29, 1.82) is 0 Å². The topological polar surface area (TPSA) is 46.3 Å². The molecule has 1 aliphatic carbocycles. The summed E-state index contributed by atoms with van der Waals surface area (Å²) >= 11 is 7.10. The van der Waals surface area contributed by atoms with Gasteiger partial charge in [0.2, 0.25) is 0 Å². The summed E-state index contributed by atoms with van der Waals surface area (Å²) in [5.41, 5.74) is 6.26. The summed E-state index contributed by atoms with van der Waals surface area (Å²) < 4.78 is 1.07. The Hall–Kier alpha value is -0.690. The van der Waals surface area contributed by atoms with E-state index >= 15 is 0 Å². The second-order valence-corrected chi connectivity index (χ2v) is 6.23. The standard InChI is InChI=1S/C13H15IN2OS/c14-10-3-1-2-9(8-10)13(17)16(11-4-5-11)7-6-12(15)18/h1-3,8,11H,4-7H2,(H2,15,18). The minimum atomic E-state index is 0.0901. The monoisotopic (exact) mass is 374 g/mol. The lowest BCUT2D eigenvalue weighted by atomic mass is 10.2. The molecule has 1 fully saturated rings. The van der Waals surface area contributed by atoms with Crippen LogP contribution in [-0.2, 0) is 0 Å². The van der Waals surface area contributed by atoms with Gasteiger partial charge in [-0.05, 0) is 53.6 Å². The zero-order valence-corrected chi connectivity index (χ0v) is 12.9. The smallest absolute Gasteiger partial charge is 0.254 e. The van der Waals surface area contributed by atoms with Gasteiger partial charge in [-0.25, -0.2) is 0 Å². The molecule has 5 heteroatoms. The Morgan fingerprint density at radius 1 is 1.50 bits per heavy atom. The third kappa shape index (κ3) is 3.65. The highest BCUT2D eigenvalue weighted by Crippen LogP contribution is 2.28. The molecule has 0 radical (unpaired) electrons. The van der Waals surface area contributed by atoms with Crippen LogP contribution in [0.4, 0.5) is 0 Å². The molecule has 1 aromatic carbocycles. The lowest BCUT2D eigenvalue weighted by Crippen LogP contribution is -2.35. The Bertz CT molecular complexity index is 474. The minimum Gasteiger partial charge on any atom is -0.393 e. The van der Waals surface area contributed by atoms with Crippen LogP contribution in [0.5, 0.6) is 0 Å². The second kappa shape index (κ2) is 5.97. The van der Waals surface area contributed by atoms with E-state index in [-0.39, 0.29) is 5.91 Å². The maximum Gasteiger partial charge on any atom is 0.254 e. The van der Waals surface area contributed by atoms with Crippen molar-refractivity contribution in [3.8, 4) is 0 Å². The molecule has 1 aliphatic rings. The maximum absolute atomic E-state index is 12.4. The first kappa shape index (κ1) is 13.7. The zero-order valence-electron chi connectivity index (χ0n) is 9.93. The molecule has 0 bridgehead atoms. The van der Waals surface area contributed by atoms with Crippen LogP contribution in [0.15, 0.2) is 24.3 Å². The Morgan fingerprint density at radius 2 is 2.22 bits per heavy atom. The van der Waals surface area contributed by atoms with E-state index in [1.54, 1.807) is 0 Å². The highest BCUT2D eigenvalue weighted by molar-refractivity contribution is 14.1. The third-order valence-electron chi connectivity index (χ3n) is 2.92. The van der Waals surface area contributed by atoms with Gasteiger partial charge in [0.15, 0.2) is 0 Å². The summed E-state index contributed by atoms with van der Waals surface area (Å²) in [5, 5.41) is 0. The van der Waals surface area contributed by atoms with Gasteiger partial charge in [0.25, 0.3) is 5.91 Å². The SMILES string of the molecule is NC(=S)CCN(C(=O)c1cccc(I)c1)C1CC1. The number of carbonyl (C=O) groups excluding carboxylic acids is 1. The van der Waals surface area contributed by atoms with Crippen molar-refractivity contribution < 1.29 is 4.79 Å². The minimum absolute atomic E-state index is 0.0901. The summed E-state index contributed by atoms with van der Waals surface area (Å²) in [6.07, 6.45) is 2.78. The predicted octanol–water partition coefficient (Wildman–Crippen LogP) is 2.57. The molecule has 18 heavy (non-hydrogen) atoms. The van der Waals surface area contributed by atoms with Crippen molar-refractivity contribution in [3.05, 3.63) is 33.4 Å². The van der Waals surface area contributed by atoms with Crippen molar-refractivity contribution in [1.82, 2.24) is 4.90 Å². The van der Waals surface area contributed by atoms with Gasteiger partial charge < -0.3 is 10.6 Å². The van der Waals surface area contributed by atoms with Crippen LogP contribution in [0.2, 0.25) is 0 Å². The summed E-state index contributed by atoms with van der Waals surface area (Å²) in [6, 6.07) is 8.05. The fourth-order valence-corrected chi connectivity index (χ4v) is 2.49. The first-order valence-electron chi connectivity index (χ1n) is 5.93. The summed E-state index contributed by atoms with van der Waals surface area (Å²) in [6.45, 7) is 0.629. The molecule has 2 N–H and O–H groups in total. The van der Waals surface area contributed by atoms with Crippen molar-refractivity contribution in [3.63, 3.8) is 0 Å². The molecule has 0 saturated heterocycles. The number of thiocarbonyl (C=S) groups is 1. The first-order valence-corrected chi connectivity index (χ1v) is 7.41. The lowest BCUT2D eigenvalue weighted by molar-refractivity contribution is 0.0748. The van der Waals surface area contributed by atoms with Crippen molar-refractivity contribution in [2.75, 3.05) is 6.54 Å². The Labute approximate surface area is 126 Å². The van der Waals surface area contributed by atoms with Crippen LogP contribution in [0.25, 0.3) is 0 Å². The molecule has 1 saturated carbocycles. The number of halogens is 1. The Morgan fingerprint density at radius 3 is 2.78 bits per heavy atom. The maximum atomic E-state index is 12.4. The Balaban J connectivity index is 2.10. The number of nitrogens with two attached hydrogens (primary N) is 1. The summed E-state index contributed by atoms with van der Waals surface area (Å²) in [4.78, 5) is 14.8. The molecule has 1 aromatic rings. The van der Waals surface area contributed by atoms with Gasteiger partial charge in [-0.3, -0.25) is 4.79 Å². The van der Waals surface area contributed by atoms with Gasteiger partial charge in [-0.1, -0.05) is 18.3 Å². The van der Waals surface area contributed by atoms with Gasteiger partial charge in [-0.2, -0.15) is 0 Å². The predicted molar refractivity (Wildman–Crippen MR) is 84.6 cm³/mol. The van der Waals surface area contributed by atoms with Gasteiger partial charge >= 0.3 is 0 Å². The molecule has 1 amide bonds. The van der Waals surface area contributed by atoms with Crippen molar-refractivity contribution in [2.24, 2.45) is 5.73 Å². The third-order valence-corrected chi connectivity index (χ3v) is 3.79. The highest BCUT2D eigenvalue weighted by atomic mass is 127. The Kier molecular flexibility index (Phi) is 4.55. The van der Waals surface area contributed by atoms with Gasteiger partial charge in [0.05, 0.1) is 4.99 Å². The highest BCUT2D eigenvalue weighted by Gasteiger charge is 2.32. The molecule has 96 valence electrons. The second-order valence-electron chi connectivity index (χ2n) is 4.46. The lowest BCUT2D eigenvalue weighted by Gasteiger charge is -2.22. The largest absolute Gasteiger partial charge is 0.393 e. The van der Waals surface area contributed by atoms with Crippen LogP contribution in [-0.4, -0.2) is 28.4 Å². The van der Waals surface area contributed by atoms with Crippen LogP contribution >= 0.6 is 34.8 Å². The fraction of sp³-hybridized carbons (Fsp3) is 0.385. The molecular formula is C13H15IN2OS. The van der Waals surface area contributed by atoms with E-state index in [9.17, 15) is 4.79 Å². The molecule has 0 atom stereocenters. The quantitative estimate of drug-likeness (QED) is 0.637. The van der Waals surface area contributed by atoms with Crippen LogP contribution in [0, 0.1) is 3.57 Å². The number of nitrogens with zero attached hydrogens (tertiary/aromatic N) is 1. The van der Waals surface area contributed by atoms with Crippen LogP contribution in [0.3, 0.4) is 0 Å². The van der Waals surface area contributed by atoms with Gasteiger partial charge in [0, 0.05) is 28.1 Å². The molecule has 2 rings (SSSR count). The van der Waals surface area contributed by atoms with E-state index in [2.05, 4.69) is 22.6 Å². The van der Waals surface area contributed by atoms with Crippen molar-refractivity contribution in [2.45, 2.75) is 25.3 Å². The van der Waals surface area contributed by atoms with E-state index in [4.69, 9.17) is 18.0 Å². The van der Waals surface area contributed by atoms with E-state index < -0.39 is 0 Å². The van der Waals surface area contributed by atoms with E-state index in [0.717, 1.165) is 22.0 Å². The average Bonchev–Trinajstić information content (AvgIpc) is 3.13.